The van der Waals surface area contributed by atoms with E-state index in [4.69, 9.17) is 21.1 Å². The first-order chi connectivity index (χ1) is 12.5. The van der Waals surface area contributed by atoms with Gasteiger partial charge in [-0.1, -0.05) is 37.6 Å². The van der Waals surface area contributed by atoms with Gasteiger partial charge in [0.25, 0.3) is 0 Å². The summed E-state index contributed by atoms with van der Waals surface area (Å²) in [6.07, 6.45) is -0.574. The maximum absolute atomic E-state index is 10.4. The van der Waals surface area contributed by atoms with Gasteiger partial charge in [-0.25, -0.2) is 0 Å². The number of halogens is 1. The molecule has 1 N–H and O–H groups in total. The summed E-state index contributed by atoms with van der Waals surface area (Å²) in [5.74, 6) is 2.06. The molecule has 1 atom stereocenters. The summed E-state index contributed by atoms with van der Waals surface area (Å²) in [5, 5.41) is 11.1. The van der Waals surface area contributed by atoms with E-state index in [0.29, 0.717) is 23.2 Å². The van der Waals surface area contributed by atoms with E-state index in [1.165, 1.54) is 0 Å². The van der Waals surface area contributed by atoms with Gasteiger partial charge in [-0.05, 0) is 47.9 Å². The van der Waals surface area contributed by atoms with Crippen molar-refractivity contribution in [3.63, 3.8) is 0 Å². The van der Waals surface area contributed by atoms with E-state index in [0.717, 1.165) is 24.4 Å². The number of hydrogen-bond donors (Lipinski definition) is 1. The monoisotopic (exact) mass is 377 g/mol. The van der Waals surface area contributed by atoms with E-state index in [-0.39, 0.29) is 6.61 Å². The largest absolute Gasteiger partial charge is 0.497 e. The molecule has 0 saturated carbocycles. The standard InChI is InChI=1S/C21H28ClNO3/c1-16(2)12-23(13-17-5-4-6-21(11-17)25-3)14-19(24)15-26-20-9-7-18(22)8-10-20/h4-11,16,19,24H,12-15H2,1-3H3/t19-/m1/s1. The summed E-state index contributed by atoms with van der Waals surface area (Å²) in [4.78, 5) is 2.25. The highest BCUT2D eigenvalue weighted by molar-refractivity contribution is 6.30. The lowest BCUT2D eigenvalue weighted by Crippen LogP contribution is -2.37. The van der Waals surface area contributed by atoms with Crippen LogP contribution in [0.25, 0.3) is 0 Å². The molecule has 26 heavy (non-hydrogen) atoms. The molecule has 0 aliphatic rings. The maximum atomic E-state index is 10.4. The second-order valence-corrected chi connectivity index (χ2v) is 7.29. The quantitative estimate of drug-likeness (QED) is 0.672. The highest BCUT2D eigenvalue weighted by Gasteiger charge is 2.15. The molecule has 2 rings (SSSR count). The van der Waals surface area contributed by atoms with Gasteiger partial charge in [0.05, 0.1) is 7.11 Å². The minimum Gasteiger partial charge on any atom is -0.497 e. The SMILES string of the molecule is COc1cccc(CN(CC(C)C)C[C@@H](O)COc2ccc(Cl)cc2)c1. The van der Waals surface area contributed by atoms with Crippen LogP contribution in [0.2, 0.25) is 5.02 Å². The minimum atomic E-state index is -0.574. The van der Waals surface area contributed by atoms with Gasteiger partial charge < -0.3 is 14.6 Å². The predicted molar refractivity (Wildman–Crippen MR) is 106 cm³/mol. The molecule has 0 heterocycles. The number of benzene rings is 2. The van der Waals surface area contributed by atoms with E-state index in [2.05, 4.69) is 24.8 Å². The van der Waals surface area contributed by atoms with Crippen LogP contribution in [0, 0.1) is 5.92 Å². The van der Waals surface area contributed by atoms with Crippen molar-refractivity contribution >= 4 is 11.6 Å². The minimum absolute atomic E-state index is 0.244. The molecule has 0 aliphatic heterocycles. The molecule has 0 radical (unpaired) electrons. The molecule has 0 aliphatic carbocycles. The van der Waals surface area contributed by atoms with Crippen LogP contribution in [-0.4, -0.2) is 42.9 Å². The summed E-state index contributed by atoms with van der Waals surface area (Å²) < 4.78 is 11.0. The van der Waals surface area contributed by atoms with Gasteiger partial charge >= 0.3 is 0 Å². The van der Waals surface area contributed by atoms with Crippen molar-refractivity contribution in [3.05, 3.63) is 59.1 Å². The number of aliphatic hydroxyl groups is 1. The molecule has 2 aromatic rings. The molecule has 0 amide bonds. The Morgan fingerprint density at radius 1 is 1.04 bits per heavy atom. The van der Waals surface area contributed by atoms with Crippen LogP contribution < -0.4 is 9.47 Å². The molecule has 5 heteroatoms. The van der Waals surface area contributed by atoms with Crippen LogP contribution in [-0.2, 0) is 6.54 Å². The molecule has 0 bridgehead atoms. The number of ether oxygens (including phenoxy) is 2. The van der Waals surface area contributed by atoms with Crippen molar-refractivity contribution in [2.24, 2.45) is 5.92 Å². The number of hydrogen-bond acceptors (Lipinski definition) is 4. The summed E-state index contributed by atoms with van der Waals surface area (Å²) >= 11 is 5.87. The Hall–Kier alpha value is -1.75. The van der Waals surface area contributed by atoms with Gasteiger partial charge in [0.15, 0.2) is 0 Å². The zero-order chi connectivity index (χ0) is 18.9. The second-order valence-electron chi connectivity index (χ2n) is 6.86. The van der Waals surface area contributed by atoms with Crippen molar-refractivity contribution in [1.29, 1.82) is 0 Å². The van der Waals surface area contributed by atoms with Crippen LogP contribution in [0.3, 0.4) is 0 Å². The fourth-order valence-electron chi connectivity index (χ4n) is 2.82. The third-order valence-electron chi connectivity index (χ3n) is 3.89. The second kappa shape index (κ2) is 10.4. The lowest BCUT2D eigenvalue weighted by Gasteiger charge is -2.27. The van der Waals surface area contributed by atoms with Gasteiger partial charge in [-0.2, -0.15) is 0 Å². The summed E-state index contributed by atoms with van der Waals surface area (Å²) in [6.45, 7) is 6.80. The van der Waals surface area contributed by atoms with Crippen LogP contribution in [0.5, 0.6) is 11.5 Å². The van der Waals surface area contributed by atoms with Crippen LogP contribution in [0.1, 0.15) is 19.4 Å². The molecule has 4 nitrogen and oxygen atoms in total. The van der Waals surface area contributed by atoms with Gasteiger partial charge in [-0.3, -0.25) is 4.90 Å². The Bertz CT molecular complexity index is 661. The molecule has 0 unspecified atom stereocenters. The van der Waals surface area contributed by atoms with Crippen molar-refractivity contribution in [2.75, 3.05) is 26.8 Å². The van der Waals surface area contributed by atoms with E-state index in [9.17, 15) is 5.11 Å². The number of rotatable bonds is 10. The van der Waals surface area contributed by atoms with Gasteiger partial charge in [0, 0.05) is 24.7 Å². The Labute approximate surface area is 161 Å². The van der Waals surface area contributed by atoms with Crippen LogP contribution >= 0.6 is 11.6 Å². The van der Waals surface area contributed by atoms with E-state index >= 15 is 0 Å². The lowest BCUT2D eigenvalue weighted by atomic mass is 10.1. The molecular weight excluding hydrogens is 350 g/mol. The highest BCUT2D eigenvalue weighted by Crippen LogP contribution is 2.17. The molecule has 0 aromatic heterocycles. The number of methoxy groups -OCH3 is 1. The molecule has 142 valence electrons. The Balaban J connectivity index is 1.91. The van der Waals surface area contributed by atoms with E-state index in [1.807, 2.05) is 18.2 Å². The van der Waals surface area contributed by atoms with Gasteiger partial charge in [0.2, 0.25) is 0 Å². The van der Waals surface area contributed by atoms with Crippen molar-refractivity contribution < 1.29 is 14.6 Å². The predicted octanol–water partition coefficient (Wildman–Crippen LogP) is 4.25. The number of aliphatic hydroxyl groups excluding tert-OH is 1. The van der Waals surface area contributed by atoms with Crippen LogP contribution in [0.4, 0.5) is 0 Å². The molecule has 2 aromatic carbocycles. The summed E-state index contributed by atoms with van der Waals surface area (Å²) in [6, 6.07) is 15.2. The molecule has 0 spiro atoms. The average molecular weight is 378 g/mol. The third-order valence-corrected chi connectivity index (χ3v) is 4.14. The smallest absolute Gasteiger partial charge is 0.119 e. The first kappa shape index (κ1) is 20.6. The Kier molecular flexibility index (Phi) is 8.23. The fraction of sp³-hybridized carbons (Fsp3) is 0.429. The normalized spacial score (nSPS) is 12.4. The maximum Gasteiger partial charge on any atom is 0.119 e. The zero-order valence-corrected chi connectivity index (χ0v) is 16.4. The first-order valence-corrected chi connectivity index (χ1v) is 9.25. The molecule has 0 saturated heterocycles. The Morgan fingerprint density at radius 2 is 1.77 bits per heavy atom. The highest BCUT2D eigenvalue weighted by atomic mass is 35.5. The summed E-state index contributed by atoms with van der Waals surface area (Å²) in [7, 11) is 1.67. The zero-order valence-electron chi connectivity index (χ0n) is 15.7. The fourth-order valence-corrected chi connectivity index (χ4v) is 2.95. The van der Waals surface area contributed by atoms with Crippen molar-refractivity contribution in [2.45, 2.75) is 26.5 Å². The average Bonchev–Trinajstić information content (AvgIpc) is 2.61. The first-order valence-electron chi connectivity index (χ1n) is 8.88. The van der Waals surface area contributed by atoms with E-state index in [1.54, 1.807) is 31.4 Å². The summed E-state index contributed by atoms with van der Waals surface area (Å²) in [5.41, 5.74) is 1.16. The topological polar surface area (TPSA) is 41.9 Å². The Morgan fingerprint density at radius 3 is 2.42 bits per heavy atom. The van der Waals surface area contributed by atoms with E-state index < -0.39 is 6.10 Å². The van der Waals surface area contributed by atoms with Crippen LogP contribution in [0.15, 0.2) is 48.5 Å². The van der Waals surface area contributed by atoms with Crippen molar-refractivity contribution in [3.8, 4) is 11.5 Å². The molecule has 0 fully saturated rings. The number of nitrogens with zero attached hydrogens (tertiary/aromatic N) is 1. The van der Waals surface area contributed by atoms with Gasteiger partial charge in [-0.15, -0.1) is 0 Å². The lowest BCUT2D eigenvalue weighted by molar-refractivity contribution is 0.0615. The van der Waals surface area contributed by atoms with Crippen molar-refractivity contribution in [1.82, 2.24) is 4.90 Å². The third kappa shape index (κ3) is 7.24. The van der Waals surface area contributed by atoms with Gasteiger partial charge in [0.1, 0.15) is 24.2 Å². The molecular formula is C21H28ClNO3.